The Morgan fingerprint density at radius 2 is 2.28 bits per heavy atom. The molecule has 98 valence electrons. The molecule has 2 rings (SSSR count). The van der Waals surface area contributed by atoms with Crippen molar-refractivity contribution in [1.82, 2.24) is 10.2 Å². The van der Waals surface area contributed by atoms with E-state index in [-0.39, 0.29) is 11.9 Å². The first-order valence-electron chi connectivity index (χ1n) is 5.61. The molecule has 2 N–H and O–H groups in total. The first kappa shape index (κ1) is 13.8. The minimum absolute atomic E-state index is 0.142. The van der Waals surface area contributed by atoms with Crippen LogP contribution in [0.15, 0.2) is 22.7 Å². The van der Waals surface area contributed by atoms with E-state index in [0.29, 0.717) is 23.7 Å². The Morgan fingerprint density at radius 1 is 1.56 bits per heavy atom. The second kappa shape index (κ2) is 5.57. The molecule has 1 aliphatic rings. The Hall–Kier alpha value is -0.620. The lowest BCUT2D eigenvalue weighted by atomic mass is 10.1. The van der Waals surface area contributed by atoms with Gasteiger partial charge in [-0.15, -0.1) is 0 Å². The fraction of sp³-hybridized carbons (Fsp3) is 0.417. The van der Waals surface area contributed by atoms with Crippen molar-refractivity contribution >= 4 is 33.4 Å². The maximum absolute atomic E-state index is 12.3. The number of aliphatic hydroxyl groups excluding tert-OH is 1. The highest BCUT2D eigenvalue weighted by atomic mass is 79.9. The van der Waals surface area contributed by atoms with Gasteiger partial charge in [0.25, 0.3) is 5.91 Å². The third-order valence-electron chi connectivity index (χ3n) is 3.14. The van der Waals surface area contributed by atoms with Gasteiger partial charge in [0.2, 0.25) is 0 Å². The highest BCUT2D eigenvalue weighted by Crippen LogP contribution is 2.24. The number of nitrogens with zero attached hydrogens (tertiary/aromatic N) is 1. The third-order valence-corrected chi connectivity index (χ3v) is 4.37. The van der Waals surface area contributed by atoms with Crippen molar-refractivity contribution in [3.8, 4) is 0 Å². The second-order valence-electron chi connectivity index (χ2n) is 4.34. The molecule has 1 amide bonds. The number of carbonyl (C=O) groups is 1. The van der Waals surface area contributed by atoms with Gasteiger partial charge in [-0.1, -0.05) is 11.6 Å². The summed E-state index contributed by atoms with van der Waals surface area (Å²) in [5.41, 5.74) is 0.518. The fourth-order valence-electron chi connectivity index (χ4n) is 2.03. The van der Waals surface area contributed by atoms with Crippen LogP contribution in [-0.4, -0.2) is 48.2 Å². The molecule has 4 nitrogen and oxygen atoms in total. The van der Waals surface area contributed by atoms with Gasteiger partial charge in [-0.25, -0.2) is 0 Å². The van der Waals surface area contributed by atoms with Gasteiger partial charge < -0.3 is 15.3 Å². The molecule has 0 aromatic heterocycles. The first-order valence-corrected chi connectivity index (χ1v) is 6.79. The topological polar surface area (TPSA) is 52.6 Å². The number of benzene rings is 1. The van der Waals surface area contributed by atoms with Crippen molar-refractivity contribution in [1.29, 1.82) is 0 Å². The maximum atomic E-state index is 12.3. The van der Waals surface area contributed by atoms with Gasteiger partial charge >= 0.3 is 0 Å². The average molecular weight is 334 g/mol. The molecule has 0 saturated carbocycles. The highest BCUT2D eigenvalue weighted by Gasteiger charge is 2.31. The number of amides is 1. The number of halogens is 2. The molecule has 0 aliphatic carbocycles. The Kier molecular flexibility index (Phi) is 4.27. The summed E-state index contributed by atoms with van der Waals surface area (Å²) in [7, 11) is 1.69. The second-order valence-corrected chi connectivity index (χ2v) is 5.60. The molecule has 0 bridgehead atoms. The third kappa shape index (κ3) is 2.69. The van der Waals surface area contributed by atoms with Crippen molar-refractivity contribution < 1.29 is 9.90 Å². The van der Waals surface area contributed by atoms with E-state index in [2.05, 4.69) is 21.2 Å². The zero-order valence-corrected chi connectivity index (χ0v) is 12.2. The smallest absolute Gasteiger partial charge is 0.254 e. The lowest BCUT2D eigenvalue weighted by Gasteiger charge is -2.26. The van der Waals surface area contributed by atoms with E-state index in [1.807, 2.05) is 0 Å². The Morgan fingerprint density at radius 3 is 2.83 bits per heavy atom. The minimum atomic E-state index is -0.523. The fourth-order valence-corrected chi connectivity index (χ4v) is 2.46. The molecule has 6 heteroatoms. The van der Waals surface area contributed by atoms with Gasteiger partial charge in [0.05, 0.1) is 17.2 Å². The van der Waals surface area contributed by atoms with Crippen LogP contribution in [0.2, 0.25) is 5.02 Å². The molecule has 1 aromatic carbocycles. The Balaban J connectivity index is 2.17. The summed E-state index contributed by atoms with van der Waals surface area (Å²) < 4.78 is 0.755. The summed E-state index contributed by atoms with van der Waals surface area (Å²) in [6.45, 7) is 1.12. The Labute approximate surface area is 119 Å². The van der Waals surface area contributed by atoms with Crippen LogP contribution < -0.4 is 5.32 Å². The van der Waals surface area contributed by atoms with Crippen LogP contribution in [0.25, 0.3) is 0 Å². The van der Waals surface area contributed by atoms with Gasteiger partial charge in [-0.05, 0) is 34.1 Å². The number of carbonyl (C=O) groups excluding carboxylic acids is 1. The lowest BCUT2D eigenvalue weighted by Crippen LogP contribution is -2.44. The van der Waals surface area contributed by atoms with Crippen LogP contribution in [0.1, 0.15) is 10.4 Å². The highest BCUT2D eigenvalue weighted by molar-refractivity contribution is 9.10. The van der Waals surface area contributed by atoms with E-state index in [1.54, 1.807) is 30.1 Å². The van der Waals surface area contributed by atoms with Crippen molar-refractivity contribution in [2.75, 3.05) is 20.1 Å². The summed E-state index contributed by atoms with van der Waals surface area (Å²) in [6, 6.07) is 4.88. The van der Waals surface area contributed by atoms with Crippen molar-refractivity contribution in [3.05, 3.63) is 33.3 Å². The summed E-state index contributed by atoms with van der Waals surface area (Å²) in [5, 5.41) is 13.3. The van der Waals surface area contributed by atoms with Crippen molar-refractivity contribution in [2.45, 2.75) is 12.1 Å². The normalized spacial score (nSPS) is 23.1. The van der Waals surface area contributed by atoms with E-state index < -0.39 is 6.10 Å². The molecule has 0 spiro atoms. The maximum Gasteiger partial charge on any atom is 0.254 e. The van der Waals surface area contributed by atoms with Crippen LogP contribution in [0.5, 0.6) is 0 Å². The van der Waals surface area contributed by atoms with E-state index in [4.69, 9.17) is 11.6 Å². The number of hydrogen-bond donors (Lipinski definition) is 2. The van der Waals surface area contributed by atoms with Gasteiger partial charge in [0.1, 0.15) is 0 Å². The molecule has 0 radical (unpaired) electrons. The molecular formula is C12H14BrClN2O2. The summed E-state index contributed by atoms with van der Waals surface area (Å²) in [5.74, 6) is -0.142. The number of aliphatic hydroxyl groups is 1. The summed E-state index contributed by atoms with van der Waals surface area (Å²) in [4.78, 5) is 13.8. The number of β-amino-alcohol motifs (C(OH)–C–C–N with tert-alkyl or cyclic N) is 1. The van der Waals surface area contributed by atoms with Gasteiger partial charge in [-0.3, -0.25) is 4.79 Å². The molecule has 1 aliphatic heterocycles. The van der Waals surface area contributed by atoms with E-state index >= 15 is 0 Å². The zero-order valence-electron chi connectivity index (χ0n) is 9.86. The molecule has 1 fully saturated rings. The summed E-state index contributed by atoms with van der Waals surface area (Å²) in [6.07, 6.45) is -0.523. The monoisotopic (exact) mass is 332 g/mol. The predicted octanol–water partition coefficient (Wildman–Crippen LogP) is 1.51. The quantitative estimate of drug-likeness (QED) is 0.862. The van der Waals surface area contributed by atoms with Crippen LogP contribution >= 0.6 is 27.5 Å². The molecule has 18 heavy (non-hydrogen) atoms. The number of hydrogen-bond acceptors (Lipinski definition) is 3. The van der Waals surface area contributed by atoms with Crippen LogP contribution in [0, 0.1) is 0 Å². The molecule has 0 unspecified atom stereocenters. The number of likely N-dealkylation sites (N-methyl/N-ethyl adjacent to an activating group) is 1. The van der Waals surface area contributed by atoms with Gasteiger partial charge in [0, 0.05) is 30.2 Å². The SMILES string of the molecule is CN(C(=O)c1ccc(Br)c(Cl)c1)[C@@H]1CNC[C@H]1O. The number of nitrogens with one attached hydrogen (secondary N) is 1. The predicted molar refractivity (Wildman–Crippen MR) is 73.9 cm³/mol. The molecular weight excluding hydrogens is 320 g/mol. The lowest BCUT2D eigenvalue weighted by molar-refractivity contribution is 0.0581. The molecule has 1 aromatic rings. The standard InChI is InChI=1S/C12H14BrClN2O2/c1-16(10-5-15-6-11(10)17)12(18)7-2-3-8(13)9(14)4-7/h2-4,10-11,15,17H,5-6H2,1H3/t10-,11-/m1/s1. The zero-order chi connectivity index (χ0) is 13.3. The number of rotatable bonds is 2. The van der Waals surface area contributed by atoms with Crippen LogP contribution in [0.4, 0.5) is 0 Å². The molecule has 2 atom stereocenters. The summed E-state index contributed by atoms with van der Waals surface area (Å²) >= 11 is 9.26. The Bertz CT molecular complexity index is 469. The average Bonchev–Trinajstić information content (AvgIpc) is 2.77. The van der Waals surface area contributed by atoms with Crippen LogP contribution in [0.3, 0.4) is 0 Å². The van der Waals surface area contributed by atoms with Crippen LogP contribution in [-0.2, 0) is 0 Å². The van der Waals surface area contributed by atoms with E-state index in [9.17, 15) is 9.90 Å². The molecule has 1 heterocycles. The van der Waals surface area contributed by atoms with Crippen molar-refractivity contribution in [3.63, 3.8) is 0 Å². The van der Waals surface area contributed by atoms with E-state index in [1.165, 1.54) is 0 Å². The minimum Gasteiger partial charge on any atom is -0.390 e. The van der Waals surface area contributed by atoms with Gasteiger partial charge in [-0.2, -0.15) is 0 Å². The van der Waals surface area contributed by atoms with E-state index in [0.717, 1.165) is 4.47 Å². The molecule has 1 saturated heterocycles. The first-order chi connectivity index (χ1) is 8.50. The largest absolute Gasteiger partial charge is 0.390 e. The van der Waals surface area contributed by atoms with Gasteiger partial charge in [0.15, 0.2) is 0 Å². The van der Waals surface area contributed by atoms with Crippen molar-refractivity contribution in [2.24, 2.45) is 0 Å².